The van der Waals surface area contributed by atoms with Crippen LogP contribution in [-0.2, 0) is 13.0 Å². The van der Waals surface area contributed by atoms with Crippen molar-refractivity contribution >= 4 is 22.4 Å². The van der Waals surface area contributed by atoms with E-state index in [2.05, 4.69) is 22.2 Å². The van der Waals surface area contributed by atoms with E-state index in [1.807, 2.05) is 18.2 Å². The molecule has 8 heteroatoms. The minimum Gasteiger partial charge on any atom is -0.486 e. The molecule has 1 aliphatic heterocycles. The van der Waals surface area contributed by atoms with E-state index >= 15 is 0 Å². The van der Waals surface area contributed by atoms with Gasteiger partial charge in [-0.05, 0) is 32.3 Å². The zero-order valence-electron chi connectivity index (χ0n) is 14.5. The second-order valence-corrected chi connectivity index (χ2v) is 7.97. The van der Waals surface area contributed by atoms with Crippen molar-refractivity contribution in [3.63, 3.8) is 0 Å². The predicted molar refractivity (Wildman–Crippen MR) is 101 cm³/mol. The zero-order chi connectivity index (χ0) is 18.3. The Balaban J connectivity index is 1.49. The number of benzene rings is 1. The first kappa shape index (κ1) is 17.3. The van der Waals surface area contributed by atoms with E-state index in [0.717, 1.165) is 34.3 Å². The Labute approximate surface area is 154 Å². The molecular formula is C18H22N4O3S. The lowest BCUT2D eigenvalue weighted by Crippen LogP contribution is -2.41. The molecule has 4 rings (SSSR count). The number of aliphatic hydroxyl groups is 1. The van der Waals surface area contributed by atoms with Crippen molar-refractivity contribution in [2.75, 3.05) is 0 Å². The summed E-state index contributed by atoms with van der Waals surface area (Å²) in [7, 11) is 0. The fourth-order valence-electron chi connectivity index (χ4n) is 3.74. The molecule has 4 N–H and O–H groups in total. The molecule has 1 aliphatic rings. The SMILES string of the molecule is CC(CCc1cnc(O)s1)N[C@@H]1CCn2c(=O)[nH]c3cccc(c32)[C@H]1O. The van der Waals surface area contributed by atoms with Gasteiger partial charge in [-0.15, -0.1) is 0 Å². The van der Waals surface area contributed by atoms with Gasteiger partial charge in [0.05, 0.1) is 17.1 Å². The summed E-state index contributed by atoms with van der Waals surface area (Å²) in [4.78, 5) is 19.9. The highest BCUT2D eigenvalue weighted by atomic mass is 32.1. The van der Waals surface area contributed by atoms with Crippen molar-refractivity contribution in [2.24, 2.45) is 0 Å². The number of thiazole rings is 1. The van der Waals surface area contributed by atoms with Crippen LogP contribution in [0.4, 0.5) is 0 Å². The normalized spacial score (nSPS) is 21.0. The Bertz CT molecular complexity index is 976. The molecule has 3 atom stereocenters. The van der Waals surface area contributed by atoms with Gasteiger partial charge in [0.1, 0.15) is 0 Å². The van der Waals surface area contributed by atoms with E-state index in [4.69, 9.17) is 0 Å². The van der Waals surface area contributed by atoms with Gasteiger partial charge in [0.15, 0.2) is 0 Å². The molecule has 7 nitrogen and oxygen atoms in total. The summed E-state index contributed by atoms with van der Waals surface area (Å²) in [6.45, 7) is 2.66. The molecular weight excluding hydrogens is 352 g/mol. The summed E-state index contributed by atoms with van der Waals surface area (Å²) in [5.41, 5.74) is 2.24. The van der Waals surface area contributed by atoms with E-state index in [-0.39, 0.29) is 23.0 Å². The van der Waals surface area contributed by atoms with Crippen LogP contribution in [0.1, 0.15) is 36.3 Å². The van der Waals surface area contributed by atoms with Crippen molar-refractivity contribution < 1.29 is 10.2 Å². The van der Waals surface area contributed by atoms with Crippen LogP contribution in [-0.4, -0.2) is 36.8 Å². The van der Waals surface area contributed by atoms with Crippen LogP contribution in [0.25, 0.3) is 11.0 Å². The number of para-hydroxylation sites is 1. The van der Waals surface area contributed by atoms with Crippen molar-refractivity contribution in [1.29, 1.82) is 0 Å². The maximum absolute atomic E-state index is 12.2. The lowest BCUT2D eigenvalue weighted by atomic mass is 9.98. The number of aryl methyl sites for hydroxylation is 2. The summed E-state index contributed by atoms with van der Waals surface area (Å²) in [6.07, 6.45) is 3.41. The van der Waals surface area contributed by atoms with Crippen LogP contribution < -0.4 is 11.0 Å². The quantitative estimate of drug-likeness (QED) is 0.546. The molecule has 26 heavy (non-hydrogen) atoms. The second-order valence-electron chi connectivity index (χ2n) is 6.88. The molecule has 3 heterocycles. The molecule has 0 radical (unpaired) electrons. The number of imidazole rings is 1. The van der Waals surface area contributed by atoms with Gasteiger partial charge in [-0.25, -0.2) is 9.78 Å². The molecule has 1 unspecified atom stereocenters. The molecule has 0 fully saturated rings. The number of H-pyrrole nitrogens is 1. The first-order valence-electron chi connectivity index (χ1n) is 8.82. The predicted octanol–water partition coefficient (Wildman–Crippen LogP) is 1.91. The van der Waals surface area contributed by atoms with Gasteiger partial charge in [0, 0.05) is 35.3 Å². The lowest BCUT2D eigenvalue weighted by Gasteiger charge is -2.26. The Morgan fingerprint density at radius 1 is 1.50 bits per heavy atom. The fourth-order valence-corrected chi connectivity index (χ4v) is 4.40. The zero-order valence-corrected chi connectivity index (χ0v) is 15.3. The number of nitrogens with zero attached hydrogens (tertiary/aromatic N) is 2. The summed E-state index contributed by atoms with van der Waals surface area (Å²) in [5, 5.41) is 23.9. The van der Waals surface area contributed by atoms with Gasteiger partial charge in [-0.3, -0.25) is 4.57 Å². The maximum atomic E-state index is 12.2. The number of aromatic hydroxyl groups is 1. The van der Waals surface area contributed by atoms with Crippen LogP contribution in [0.5, 0.6) is 5.19 Å². The number of rotatable bonds is 5. The molecule has 0 bridgehead atoms. The van der Waals surface area contributed by atoms with E-state index in [1.165, 1.54) is 11.3 Å². The number of hydrogen-bond donors (Lipinski definition) is 4. The average Bonchev–Trinajstić information content (AvgIpc) is 3.14. The van der Waals surface area contributed by atoms with Crippen LogP contribution in [0.2, 0.25) is 0 Å². The van der Waals surface area contributed by atoms with Crippen LogP contribution in [0, 0.1) is 0 Å². The highest BCUT2D eigenvalue weighted by molar-refractivity contribution is 7.13. The van der Waals surface area contributed by atoms with Gasteiger partial charge >= 0.3 is 5.69 Å². The van der Waals surface area contributed by atoms with E-state index in [0.29, 0.717) is 13.0 Å². The topological polar surface area (TPSA) is 103 Å². The highest BCUT2D eigenvalue weighted by Crippen LogP contribution is 2.30. The molecule has 0 spiro atoms. The van der Waals surface area contributed by atoms with E-state index < -0.39 is 6.10 Å². The first-order chi connectivity index (χ1) is 12.5. The fraction of sp³-hybridized carbons (Fsp3) is 0.444. The third kappa shape index (κ3) is 3.15. The van der Waals surface area contributed by atoms with E-state index in [1.54, 1.807) is 10.8 Å². The van der Waals surface area contributed by atoms with Gasteiger partial charge in [-0.2, -0.15) is 0 Å². The summed E-state index contributed by atoms with van der Waals surface area (Å²) in [6, 6.07) is 5.69. The number of aromatic nitrogens is 3. The number of hydrogen-bond acceptors (Lipinski definition) is 6. The second kappa shape index (κ2) is 6.86. The Morgan fingerprint density at radius 3 is 3.12 bits per heavy atom. The third-order valence-electron chi connectivity index (χ3n) is 5.05. The Kier molecular flexibility index (Phi) is 4.56. The number of aliphatic hydroxyl groups excluding tert-OH is 1. The van der Waals surface area contributed by atoms with Gasteiger partial charge < -0.3 is 20.5 Å². The Hall–Kier alpha value is -2.16. The summed E-state index contributed by atoms with van der Waals surface area (Å²) < 4.78 is 1.72. The lowest BCUT2D eigenvalue weighted by molar-refractivity contribution is 0.119. The first-order valence-corrected chi connectivity index (χ1v) is 9.64. The van der Waals surface area contributed by atoms with Crippen molar-refractivity contribution in [3.8, 4) is 5.19 Å². The smallest absolute Gasteiger partial charge is 0.326 e. The monoisotopic (exact) mass is 374 g/mol. The van der Waals surface area contributed by atoms with Gasteiger partial charge in [0.25, 0.3) is 5.19 Å². The summed E-state index contributed by atoms with van der Waals surface area (Å²) >= 11 is 1.30. The van der Waals surface area contributed by atoms with Gasteiger partial charge in [-0.1, -0.05) is 23.5 Å². The van der Waals surface area contributed by atoms with Crippen LogP contribution >= 0.6 is 11.3 Å². The van der Waals surface area contributed by atoms with Crippen molar-refractivity contribution in [2.45, 2.75) is 50.9 Å². The molecule has 0 saturated carbocycles. The molecule has 0 aliphatic carbocycles. The number of aromatic amines is 1. The number of nitrogens with one attached hydrogen (secondary N) is 2. The molecule has 2 aromatic heterocycles. The average molecular weight is 374 g/mol. The minimum atomic E-state index is -0.669. The standard InChI is InChI=1S/C18H22N4O3S/c1-10(5-6-11-9-19-18(25)26-11)20-14-7-8-22-15-12(16(14)23)3-2-4-13(15)21-17(22)24/h2-4,9-10,14,16,20,23H,5-8H2,1H3,(H,19,25)(H,21,24)/t10?,14-,16-/m1/s1. The maximum Gasteiger partial charge on any atom is 0.326 e. The van der Waals surface area contributed by atoms with Crippen LogP contribution in [0.3, 0.4) is 0 Å². The summed E-state index contributed by atoms with van der Waals surface area (Å²) in [5.74, 6) is 0. The van der Waals surface area contributed by atoms with Crippen molar-refractivity contribution in [3.05, 3.63) is 45.3 Å². The Morgan fingerprint density at radius 2 is 2.35 bits per heavy atom. The van der Waals surface area contributed by atoms with E-state index in [9.17, 15) is 15.0 Å². The van der Waals surface area contributed by atoms with Crippen LogP contribution in [0.15, 0.2) is 29.2 Å². The molecule has 138 valence electrons. The van der Waals surface area contributed by atoms with Gasteiger partial charge in [0.2, 0.25) is 0 Å². The minimum absolute atomic E-state index is 0.0973. The molecule has 3 aromatic rings. The van der Waals surface area contributed by atoms with Crippen molar-refractivity contribution in [1.82, 2.24) is 19.9 Å². The largest absolute Gasteiger partial charge is 0.486 e. The third-order valence-corrected chi connectivity index (χ3v) is 5.91. The molecule has 1 aromatic carbocycles. The molecule has 0 saturated heterocycles. The highest BCUT2D eigenvalue weighted by Gasteiger charge is 2.29. The molecule has 0 amide bonds.